The van der Waals surface area contributed by atoms with Crippen LogP contribution in [0.5, 0.6) is 11.5 Å². The first-order chi connectivity index (χ1) is 16.0. The van der Waals surface area contributed by atoms with Crippen molar-refractivity contribution in [2.24, 2.45) is 5.10 Å². The first-order valence-corrected chi connectivity index (χ1v) is 12.0. The van der Waals surface area contributed by atoms with Crippen molar-refractivity contribution in [2.45, 2.75) is 6.61 Å². The van der Waals surface area contributed by atoms with Gasteiger partial charge in [0.25, 0.3) is 5.91 Å². The van der Waals surface area contributed by atoms with Gasteiger partial charge in [0.05, 0.1) is 23.4 Å². The number of halogens is 2. The molecule has 4 rings (SSSR count). The third kappa shape index (κ3) is 5.91. The zero-order chi connectivity index (χ0) is 23.2. The smallest absolute Gasteiger partial charge is 0.275 e. The molecule has 0 saturated carbocycles. The number of hydrazone groups is 1. The second kappa shape index (κ2) is 10.8. The summed E-state index contributed by atoms with van der Waals surface area (Å²) < 4.78 is 13.3. The van der Waals surface area contributed by atoms with Gasteiger partial charge in [-0.1, -0.05) is 36.4 Å². The molecule has 0 saturated heterocycles. The zero-order valence-corrected chi connectivity index (χ0v) is 21.5. The molecule has 0 radical (unpaired) electrons. The number of ether oxygens (including phenoxy) is 2. The van der Waals surface area contributed by atoms with E-state index < -0.39 is 0 Å². The van der Waals surface area contributed by atoms with Gasteiger partial charge in [0.2, 0.25) is 0 Å². The molecule has 4 aromatic carbocycles. The number of fused-ring (bicyclic) bond motifs is 1. The molecule has 0 heterocycles. The van der Waals surface area contributed by atoms with Crippen LogP contribution in [-0.2, 0) is 6.61 Å². The fourth-order valence-corrected chi connectivity index (χ4v) is 4.12. The van der Waals surface area contributed by atoms with Crippen molar-refractivity contribution in [1.29, 1.82) is 0 Å². The number of nitrogens with one attached hydrogen (secondary N) is 1. The van der Waals surface area contributed by atoms with Crippen molar-refractivity contribution >= 4 is 61.4 Å². The van der Waals surface area contributed by atoms with E-state index in [0.29, 0.717) is 17.9 Å². The average Bonchev–Trinajstić information content (AvgIpc) is 2.83. The van der Waals surface area contributed by atoms with E-state index in [-0.39, 0.29) is 5.91 Å². The molecule has 4 aromatic rings. The van der Waals surface area contributed by atoms with E-state index in [1.165, 1.54) is 3.57 Å². The number of hydrogen-bond acceptors (Lipinski definition) is 4. The minimum absolute atomic E-state index is 0.342. The molecule has 0 aliphatic heterocycles. The maximum atomic E-state index is 12.7. The van der Waals surface area contributed by atoms with Gasteiger partial charge in [0.1, 0.15) is 18.1 Å². The van der Waals surface area contributed by atoms with E-state index in [9.17, 15) is 4.79 Å². The van der Waals surface area contributed by atoms with Gasteiger partial charge < -0.3 is 9.47 Å². The Morgan fingerprint density at radius 1 is 1.00 bits per heavy atom. The molecule has 0 bridgehead atoms. The fraction of sp³-hybridized carbons (Fsp3) is 0.0769. The minimum Gasteiger partial charge on any atom is -0.496 e. The monoisotopic (exact) mass is 614 g/mol. The van der Waals surface area contributed by atoms with Crippen molar-refractivity contribution in [1.82, 2.24) is 5.43 Å². The molecular weight excluding hydrogens is 595 g/mol. The molecule has 0 aromatic heterocycles. The molecule has 1 N–H and O–H groups in total. The quantitative estimate of drug-likeness (QED) is 0.146. The van der Waals surface area contributed by atoms with E-state index in [4.69, 9.17) is 9.47 Å². The van der Waals surface area contributed by atoms with Crippen LogP contribution in [0, 0.1) is 3.57 Å². The van der Waals surface area contributed by atoms with Gasteiger partial charge in [-0.25, -0.2) is 5.43 Å². The SMILES string of the molecule is COc1cc2ccccc2cc1C(=O)N/N=C\c1ccc(OCc2ccc(I)cc2)c(Br)c1. The summed E-state index contributed by atoms with van der Waals surface area (Å²) in [5, 5.41) is 6.06. The van der Waals surface area contributed by atoms with Crippen molar-refractivity contribution in [3.05, 3.63) is 104 Å². The largest absolute Gasteiger partial charge is 0.496 e. The van der Waals surface area contributed by atoms with Crippen LogP contribution in [0.15, 0.2) is 88.4 Å². The number of amides is 1. The van der Waals surface area contributed by atoms with Crippen LogP contribution in [0.25, 0.3) is 10.8 Å². The number of nitrogens with zero attached hydrogens (tertiary/aromatic N) is 1. The summed E-state index contributed by atoms with van der Waals surface area (Å²) in [6.45, 7) is 0.479. The molecule has 0 atom stereocenters. The second-order valence-electron chi connectivity index (χ2n) is 7.20. The highest BCUT2D eigenvalue weighted by molar-refractivity contribution is 14.1. The number of carbonyl (C=O) groups is 1. The summed E-state index contributed by atoms with van der Waals surface area (Å²) in [5.41, 5.74) is 4.91. The molecule has 0 spiro atoms. The van der Waals surface area contributed by atoms with Crippen LogP contribution in [0.4, 0.5) is 0 Å². The number of carbonyl (C=O) groups excluding carboxylic acids is 1. The summed E-state index contributed by atoms with van der Waals surface area (Å²) in [5.74, 6) is 0.889. The first-order valence-electron chi connectivity index (χ1n) is 10.1. The first kappa shape index (κ1) is 23.3. The normalized spacial score (nSPS) is 11.0. The van der Waals surface area contributed by atoms with Crippen molar-refractivity contribution in [3.63, 3.8) is 0 Å². The van der Waals surface area contributed by atoms with E-state index in [0.717, 1.165) is 32.1 Å². The van der Waals surface area contributed by atoms with E-state index in [2.05, 4.69) is 61.2 Å². The van der Waals surface area contributed by atoms with E-state index >= 15 is 0 Å². The van der Waals surface area contributed by atoms with Gasteiger partial charge in [-0.3, -0.25) is 4.79 Å². The van der Waals surface area contributed by atoms with Gasteiger partial charge in [-0.15, -0.1) is 0 Å². The third-order valence-electron chi connectivity index (χ3n) is 4.96. The highest BCUT2D eigenvalue weighted by atomic mass is 127. The Morgan fingerprint density at radius 3 is 2.42 bits per heavy atom. The van der Waals surface area contributed by atoms with Crippen molar-refractivity contribution < 1.29 is 14.3 Å². The second-order valence-corrected chi connectivity index (χ2v) is 9.30. The number of hydrogen-bond donors (Lipinski definition) is 1. The summed E-state index contributed by atoms with van der Waals surface area (Å²) in [6, 6.07) is 25.3. The van der Waals surface area contributed by atoms with Gasteiger partial charge in [0.15, 0.2) is 0 Å². The summed E-state index contributed by atoms with van der Waals surface area (Å²) in [6.07, 6.45) is 1.58. The maximum Gasteiger partial charge on any atom is 0.275 e. The highest BCUT2D eigenvalue weighted by Crippen LogP contribution is 2.27. The summed E-state index contributed by atoms with van der Waals surface area (Å²) in [4.78, 5) is 12.7. The predicted octanol–water partition coefficient (Wildman–Crippen LogP) is 6.56. The molecule has 0 aliphatic carbocycles. The molecule has 0 fully saturated rings. The standard InChI is InChI=1S/C26H20BrIN2O3/c1-32-25-14-20-5-3-2-4-19(20)13-22(25)26(31)30-29-15-18-8-11-24(23(27)12-18)33-16-17-6-9-21(28)10-7-17/h2-15H,16H2,1H3,(H,30,31)/b29-15-. The Kier molecular flexibility index (Phi) is 7.61. The molecule has 1 amide bonds. The Labute approximate surface area is 214 Å². The van der Waals surface area contributed by atoms with Crippen LogP contribution in [0.2, 0.25) is 0 Å². The van der Waals surface area contributed by atoms with Gasteiger partial charge in [0, 0.05) is 3.57 Å². The van der Waals surface area contributed by atoms with Gasteiger partial charge in [-0.05, 0) is 103 Å². The molecule has 0 aliphatic rings. The molecular formula is C26H20BrIN2O3. The van der Waals surface area contributed by atoms with E-state index in [1.54, 1.807) is 19.4 Å². The lowest BCUT2D eigenvalue weighted by molar-refractivity contribution is 0.0952. The number of methoxy groups -OCH3 is 1. The lowest BCUT2D eigenvalue weighted by atomic mass is 10.1. The van der Waals surface area contributed by atoms with Crippen molar-refractivity contribution in [3.8, 4) is 11.5 Å². The summed E-state index contributed by atoms with van der Waals surface area (Å²) >= 11 is 5.82. The fourth-order valence-electron chi connectivity index (χ4n) is 3.25. The van der Waals surface area contributed by atoms with E-state index in [1.807, 2.05) is 60.7 Å². The lowest BCUT2D eigenvalue weighted by Crippen LogP contribution is -2.18. The topological polar surface area (TPSA) is 59.9 Å². The average molecular weight is 615 g/mol. The Hall–Kier alpha value is -2.91. The van der Waals surface area contributed by atoms with Gasteiger partial charge in [-0.2, -0.15) is 5.10 Å². The number of rotatable bonds is 7. The summed E-state index contributed by atoms with van der Waals surface area (Å²) in [7, 11) is 1.55. The van der Waals surface area contributed by atoms with Crippen molar-refractivity contribution in [2.75, 3.05) is 7.11 Å². The van der Waals surface area contributed by atoms with Crippen LogP contribution >= 0.6 is 38.5 Å². The molecule has 5 nitrogen and oxygen atoms in total. The minimum atomic E-state index is -0.342. The van der Waals surface area contributed by atoms with Crippen LogP contribution in [0.1, 0.15) is 21.5 Å². The Balaban J connectivity index is 1.41. The Bertz CT molecular complexity index is 1320. The molecule has 166 valence electrons. The third-order valence-corrected chi connectivity index (χ3v) is 6.29. The lowest BCUT2D eigenvalue weighted by Gasteiger charge is -2.10. The van der Waals surface area contributed by atoms with Crippen LogP contribution in [0.3, 0.4) is 0 Å². The maximum absolute atomic E-state index is 12.7. The molecule has 33 heavy (non-hydrogen) atoms. The number of benzene rings is 4. The molecule has 7 heteroatoms. The Morgan fingerprint density at radius 2 is 1.73 bits per heavy atom. The molecule has 0 unspecified atom stereocenters. The van der Waals surface area contributed by atoms with Gasteiger partial charge >= 0.3 is 0 Å². The van der Waals surface area contributed by atoms with Crippen LogP contribution < -0.4 is 14.9 Å². The predicted molar refractivity (Wildman–Crippen MR) is 143 cm³/mol. The zero-order valence-electron chi connectivity index (χ0n) is 17.7. The highest BCUT2D eigenvalue weighted by Gasteiger charge is 2.13. The van der Waals surface area contributed by atoms with Crippen LogP contribution in [-0.4, -0.2) is 19.2 Å².